The van der Waals surface area contributed by atoms with E-state index in [0.717, 1.165) is 6.04 Å². The van der Waals surface area contributed by atoms with Crippen molar-refractivity contribution in [2.45, 2.75) is 39.1 Å². The summed E-state index contributed by atoms with van der Waals surface area (Å²) >= 11 is 0. The minimum Gasteiger partial charge on any atom is -0.463 e. The fourth-order valence-corrected chi connectivity index (χ4v) is 2.81. The fourth-order valence-electron chi connectivity index (χ4n) is 1.28. The van der Waals surface area contributed by atoms with Crippen LogP contribution in [0.4, 0.5) is 0 Å². The molecule has 0 atom stereocenters. The summed E-state index contributed by atoms with van der Waals surface area (Å²) in [6, 6.07) is 0.744. The summed E-state index contributed by atoms with van der Waals surface area (Å²) in [5.74, 6) is -2.06. The van der Waals surface area contributed by atoms with E-state index in [2.05, 4.69) is 0 Å². The Morgan fingerprint density at radius 2 is 1.74 bits per heavy atom. The van der Waals surface area contributed by atoms with Crippen LogP contribution in [0.5, 0.6) is 0 Å². The summed E-state index contributed by atoms with van der Waals surface area (Å²) in [4.78, 5) is 32.6. The normalized spacial score (nSPS) is 11.2. The minimum absolute atomic E-state index is 0.309. The second kappa shape index (κ2) is 10.3. The molecular formula is C12H20O6Si. The van der Waals surface area contributed by atoms with Gasteiger partial charge >= 0.3 is 17.9 Å². The molecule has 0 N–H and O–H groups in total. The third kappa shape index (κ3) is 11.2. The highest BCUT2D eigenvalue weighted by Crippen LogP contribution is 2.01. The molecule has 7 heteroatoms. The van der Waals surface area contributed by atoms with E-state index in [-0.39, 0.29) is 5.97 Å². The highest BCUT2D eigenvalue weighted by molar-refractivity contribution is 6.37. The van der Waals surface area contributed by atoms with Gasteiger partial charge in [0, 0.05) is 19.9 Å². The first kappa shape index (κ1) is 17.4. The van der Waals surface area contributed by atoms with Crippen molar-refractivity contribution in [1.82, 2.24) is 0 Å². The molecule has 0 bridgehead atoms. The fraction of sp³-hybridized carbons (Fsp3) is 0.583. The topological polar surface area (TPSA) is 78.9 Å². The van der Waals surface area contributed by atoms with E-state index < -0.39 is 27.4 Å². The van der Waals surface area contributed by atoms with Crippen LogP contribution in [0.25, 0.3) is 0 Å². The monoisotopic (exact) mass is 288 g/mol. The number of hydrogen-bond donors (Lipinski definition) is 0. The van der Waals surface area contributed by atoms with Gasteiger partial charge in [-0.15, -0.1) is 0 Å². The Balaban J connectivity index is 3.83. The van der Waals surface area contributed by atoms with Crippen LogP contribution in [-0.4, -0.2) is 39.9 Å². The Kier molecular flexibility index (Phi) is 9.42. The lowest BCUT2D eigenvalue weighted by molar-refractivity contribution is -0.171. The number of ether oxygens (including phenoxy) is 3. The van der Waals surface area contributed by atoms with Crippen LogP contribution >= 0.6 is 0 Å². The standard InChI is InChI=1S/C12H20O6Si/c1-4-6-11(15)16-7-5-8-19-12(17-9(2)13)18-10(3)14/h4,6,12H,5,7-8,19H2,1-3H3. The second-order valence-corrected chi connectivity index (χ2v) is 5.76. The first-order valence-electron chi connectivity index (χ1n) is 6.09. The van der Waals surface area contributed by atoms with Gasteiger partial charge in [0.25, 0.3) is 0 Å². The molecule has 0 aromatic heterocycles. The minimum atomic E-state index is -0.912. The van der Waals surface area contributed by atoms with E-state index in [1.807, 2.05) is 0 Å². The number of rotatable bonds is 8. The molecule has 0 aliphatic carbocycles. The summed E-state index contributed by atoms with van der Waals surface area (Å²) in [6.45, 7) is 4.58. The lowest BCUT2D eigenvalue weighted by atomic mass is 10.5. The molecule has 0 radical (unpaired) electrons. The van der Waals surface area contributed by atoms with Crippen molar-refractivity contribution in [2.75, 3.05) is 6.61 Å². The summed E-state index contributed by atoms with van der Waals surface area (Å²) in [5.41, 5.74) is 0. The van der Waals surface area contributed by atoms with Gasteiger partial charge in [-0.3, -0.25) is 9.59 Å². The average Bonchev–Trinajstić information content (AvgIpc) is 2.27. The van der Waals surface area contributed by atoms with Crippen LogP contribution in [0.3, 0.4) is 0 Å². The van der Waals surface area contributed by atoms with Crippen molar-refractivity contribution in [3.63, 3.8) is 0 Å². The lowest BCUT2D eigenvalue weighted by Gasteiger charge is -2.16. The molecule has 0 unspecified atom stereocenters. The van der Waals surface area contributed by atoms with E-state index in [1.54, 1.807) is 13.0 Å². The van der Waals surface area contributed by atoms with Crippen LogP contribution in [0.2, 0.25) is 6.04 Å². The highest BCUT2D eigenvalue weighted by atomic mass is 28.2. The maximum Gasteiger partial charge on any atom is 0.330 e. The first-order chi connectivity index (χ1) is 8.95. The zero-order valence-electron chi connectivity index (χ0n) is 11.5. The van der Waals surface area contributed by atoms with Crippen molar-refractivity contribution in [1.29, 1.82) is 0 Å². The molecule has 0 saturated heterocycles. The molecule has 0 aliphatic heterocycles. The maximum absolute atomic E-state index is 11.0. The molecule has 0 aromatic rings. The predicted molar refractivity (Wildman–Crippen MR) is 71.1 cm³/mol. The summed E-state index contributed by atoms with van der Waals surface area (Å²) in [6.07, 6.45) is 3.61. The van der Waals surface area contributed by atoms with Gasteiger partial charge in [0.15, 0.2) is 0 Å². The number of allylic oxidation sites excluding steroid dienone is 1. The quantitative estimate of drug-likeness (QED) is 0.213. The van der Waals surface area contributed by atoms with E-state index in [9.17, 15) is 14.4 Å². The van der Waals surface area contributed by atoms with Crippen LogP contribution < -0.4 is 0 Å². The SMILES string of the molecule is CC=CC(=O)OCCC[SiH2]C(OC(C)=O)OC(C)=O. The Labute approximate surface area is 114 Å². The largest absolute Gasteiger partial charge is 0.463 e. The highest BCUT2D eigenvalue weighted by Gasteiger charge is 2.15. The smallest absolute Gasteiger partial charge is 0.330 e. The van der Waals surface area contributed by atoms with Crippen LogP contribution in [0.15, 0.2) is 12.2 Å². The van der Waals surface area contributed by atoms with Gasteiger partial charge in [0.1, 0.15) is 9.52 Å². The zero-order valence-corrected chi connectivity index (χ0v) is 12.9. The molecular weight excluding hydrogens is 268 g/mol. The number of hydrogen-bond acceptors (Lipinski definition) is 6. The molecule has 19 heavy (non-hydrogen) atoms. The van der Waals surface area contributed by atoms with Crippen molar-refractivity contribution in [2.24, 2.45) is 0 Å². The lowest BCUT2D eigenvalue weighted by Crippen LogP contribution is -2.28. The van der Waals surface area contributed by atoms with Gasteiger partial charge in [-0.1, -0.05) is 12.1 Å². The molecule has 0 spiro atoms. The van der Waals surface area contributed by atoms with Crippen LogP contribution in [0.1, 0.15) is 27.2 Å². The molecule has 6 nitrogen and oxygen atoms in total. The number of esters is 3. The van der Waals surface area contributed by atoms with Crippen molar-refractivity contribution in [3.8, 4) is 0 Å². The van der Waals surface area contributed by atoms with Crippen LogP contribution in [-0.2, 0) is 28.6 Å². The van der Waals surface area contributed by atoms with Gasteiger partial charge in [0.05, 0.1) is 6.61 Å². The van der Waals surface area contributed by atoms with Gasteiger partial charge in [-0.25, -0.2) is 4.79 Å². The molecule has 0 heterocycles. The van der Waals surface area contributed by atoms with Gasteiger partial charge in [0.2, 0.25) is 5.91 Å². The molecule has 0 aliphatic rings. The predicted octanol–water partition coefficient (Wildman–Crippen LogP) is 0.493. The van der Waals surface area contributed by atoms with Gasteiger partial charge < -0.3 is 14.2 Å². The summed E-state index contributed by atoms with van der Waals surface area (Å²) in [7, 11) is -0.912. The molecule has 0 rings (SSSR count). The Bertz CT molecular complexity index is 323. The summed E-state index contributed by atoms with van der Waals surface area (Å²) < 4.78 is 14.7. The maximum atomic E-state index is 11.0. The first-order valence-corrected chi connectivity index (χ1v) is 7.91. The Morgan fingerprint density at radius 1 is 1.16 bits per heavy atom. The average molecular weight is 288 g/mol. The molecule has 108 valence electrons. The van der Waals surface area contributed by atoms with Gasteiger partial charge in [-0.2, -0.15) is 0 Å². The van der Waals surface area contributed by atoms with E-state index >= 15 is 0 Å². The van der Waals surface area contributed by atoms with Crippen molar-refractivity contribution in [3.05, 3.63) is 12.2 Å². The van der Waals surface area contributed by atoms with E-state index in [0.29, 0.717) is 13.0 Å². The van der Waals surface area contributed by atoms with Crippen molar-refractivity contribution < 1.29 is 28.6 Å². The number of carbonyl (C=O) groups is 3. The van der Waals surface area contributed by atoms with Crippen LogP contribution in [0, 0.1) is 0 Å². The molecule has 0 aromatic carbocycles. The van der Waals surface area contributed by atoms with E-state index in [4.69, 9.17) is 14.2 Å². The Morgan fingerprint density at radius 3 is 2.21 bits per heavy atom. The third-order valence-corrected chi connectivity index (χ3v) is 3.69. The molecule has 0 amide bonds. The van der Waals surface area contributed by atoms with Gasteiger partial charge in [-0.05, 0) is 13.3 Å². The zero-order chi connectivity index (χ0) is 14.7. The molecule has 0 saturated carbocycles. The molecule has 0 fully saturated rings. The summed E-state index contributed by atoms with van der Waals surface area (Å²) in [5, 5.41) is 0. The van der Waals surface area contributed by atoms with Crippen molar-refractivity contribution >= 4 is 27.4 Å². The third-order valence-electron chi connectivity index (χ3n) is 1.98. The number of carbonyl (C=O) groups excluding carboxylic acids is 3. The Hall–Kier alpha value is -1.63. The van der Waals surface area contributed by atoms with E-state index in [1.165, 1.54) is 19.9 Å². The second-order valence-electron chi connectivity index (χ2n) is 3.81.